The molecule has 94 valence electrons. The van der Waals surface area contributed by atoms with E-state index in [1.165, 1.54) is 6.42 Å². The maximum absolute atomic E-state index is 6.70. The zero-order chi connectivity index (χ0) is 12.1. The summed E-state index contributed by atoms with van der Waals surface area (Å²) in [4.78, 5) is 0. The van der Waals surface area contributed by atoms with Crippen LogP contribution in [0.1, 0.15) is 34.1 Å². The van der Waals surface area contributed by atoms with Gasteiger partial charge in [0.1, 0.15) is 0 Å². The van der Waals surface area contributed by atoms with Crippen molar-refractivity contribution in [1.29, 1.82) is 0 Å². The van der Waals surface area contributed by atoms with Crippen LogP contribution in [0.5, 0.6) is 0 Å². The number of hydrogen-bond acceptors (Lipinski definition) is 2. The molecule has 0 amide bonds. The number of nitrogens with one attached hydrogen (secondary N) is 1. The van der Waals surface area contributed by atoms with Gasteiger partial charge in [0, 0.05) is 25.0 Å². The second-order valence-corrected chi connectivity index (χ2v) is 7.28. The van der Waals surface area contributed by atoms with Gasteiger partial charge in [-0.25, -0.2) is 5.01 Å². The fraction of sp³-hybridized carbons (Fsp3) is 1.00. The topological polar surface area (TPSA) is 15.3 Å². The molecule has 0 radical (unpaired) electrons. The maximum atomic E-state index is 6.70. The summed E-state index contributed by atoms with van der Waals surface area (Å²) in [5.74, 6) is 1.99. The lowest BCUT2D eigenvalue weighted by Gasteiger charge is -2.48. The van der Waals surface area contributed by atoms with Gasteiger partial charge in [-0.15, -0.1) is 11.6 Å². The minimum Gasteiger partial charge on any atom is -0.255 e. The Kier molecular flexibility index (Phi) is 3.28. The van der Waals surface area contributed by atoms with Crippen molar-refractivity contribution in [2.45, 2.75) is 45.5 Å². The SMILES string of the molecule is CC1CC2CNN(C)C2C(C(C)(C)C)C1Cl. The van der Waals surface area contributed by atoms with Crippen molar-refractivity contribution in [3.05, 3.63) is 0 Å². The van der Waals surface area contributed by atoms with Crippen molar-refractivity contribution < 1.29 is 0 Å². The third kappa shape index (κ3) is 2.00. The first kappa shape index (κ1) is 12.7. The first-order valence-electron chi connectivity index (χ1n) is 6.42. The molecule has 2 fully saturated rings. The maximum Gasteiger partial charge on any atom is 0.0410 e. The van der Waals surface area contributed by atoms with Crippen molar-refractivity contribution in [3.8, 4) is 0 Å². The molecule has 3 heteroatoms. The van der Waals surface area contributed by atoms with E-state index in [0.717, 1.165) is 12.5 Å². The Labute approximate surface area is 105 Å². The van der Waals surface area contributed by atoms with E-state index < -0.39 is 0 Å². The second kappa shape index (κ2) is 4.15. The lowest BCUT2D eigenvalue weighted by Crippen LogP contribution is -2.53. The summed E-state index contributed by atoms with van der Waals surface area (Å²) >= 11 is 6.70. The van der Waals surface area contributed by atoms with E-state index >= 15 is 0 Å². The Hall–Kier alpha value is 0.210. The van der Waals surface area contributed by atoms with Crippen LogP contribution in [0.15, 0.2) is 0 Å². The molecule has 0 spiro atoms. The predicted octanol–water partition coefficient (Wildman–Crippen LogP) is 2.73. The molecule has 1 N–H and O–H groups in total. The van der Waals surface area contributed by atoms with Crippen LogP contribution in [0.25, 0.3) is 0 Å². The van der Waals surface area contributed by atoms with E-state index in [1.807, 2.05) is 0 Å². The number of nitrogens with zero attached hydrogens (tertiary/aromatic N) is 1. The third-order valence-electron chi connectivity index (χ3n) is 4.46. The molecule has 0 aromatic carbocycles. The Morgan fingerprint density at radius 1 is 1.31 bits per heavy atom. The van der Waals surface area contributed by atoms with Crippen LogP contribution < -0.4 is 5.43 Å². The molecule has 1 aliphatic carbocycles. The summed E-state index contributed by atoms with van der Waals surface area (Å²) in [6, 6.07) is 0.610. The first-order chi connectivity index (χ1) is 7.32. The van der Waals surface area contributed by atoms with E-state index in [9.17, 15) is 0 Å². The zero-order valence-electron chi connectivity index (χ0n) is 11.1. The third-order valence-corrected chi connectivity index (χ3v) is 5.16. The second-order valence-electron chi connectivity index (χ2n) is 6.77. The monoisotopic (exact) mass is 244 g/mol. The van der Waals surface area contributed by atoms with Crippen LogP contribution in [-0.2, 0) is 0 Å². The Morgan fingerprint density at radius 2 is 1.94 bits per heavy atom. The van der Waals surface area contributed by atoms with Crippen LogP contribution >= 0.6 is 11.6 Å². The highest BCUT2D eigenvalue weighted by molar-refractivity contribution is 6.21. The standard InChI is InChI=1S/C13H25ClN2/c1-8-6-9-7-15-16(5)12(9)10(11(8)14)13(2,3)4/h8-12,15H,6-7H2,1-5H3. The van der Waals surface area contributed by atoms with Gasteiger partial charge in [-0.1, -0.05) is 27.7 Å². The number of hydrazine groups is 1. The van der Waals surface area contributed by atoms with Gasteiger partial charge >= 0.3 is 0 Å². The number of halogens is 1. The zero-order valence-corrected chi connectivity index (χ0v) is 11.9. The fourth-order valence-electron chi connectivity index (χ4n) is 3.70. The lowest BCUT2D eigenvalue weighted by molar-refractivity contribution is 0.0329. The highest BCUT2D eigenvalue weighted by Crippen LogP contribution is 2.48. The van der Waals surface area contributed by atoms with Gasteiger partial charge in [0.25, 0.3) is 0 Å². The molecule has 2 nitrogen and oxygen atoms in total. The van der Waals surface area contributed by atoms with Crippen LogP contribution in [0.2, 0.25) is 0 Å². The molecule has 1 heterocycles. The molecule has 1 aliphatic heterocycles. The highest BCUT2D eigenvalue weighted by Gasteiger charge is 2.50. The van der Waals surface area contributed by atoms with E-state index in [2.05, 4.69) is 45.2 Å². The molecule has 1 saturated carbocycles. The average molecular weight is 245 g/mol. The summed E-state index contributed by atoms with van der Waals surface area (Å²) in [6.07, 6.45) is 1.27. The predicted molar refractivity (Wildman–Crippen MR) is 69.4 cm³/mol. The lowest BCUT2D eigenvalue weighted by atomic mass is 9.63. The quantitative estimate of drug-likeness (QED) is 0.660. The van der Waals surface area contributed by atoms with Gasteiger partial charge < -0.3 is 0 Å². The van der Waals surface area contributed by atoms with Gasteiger partial charge in [-0.3, -0.25) is 5.43 Å². The first-order valence-corrected chi connectivity index (χ1v) is 6.86. The summed E-state index contributed by atoms with van der Waals surface area (Å²) in [7, 11) is 2.17. The minimum atomic E-state index is 0.282. The number of alkyl halides is 1. The molecule has 1 saturated heterocycles. The number of hydrogen-bond donors (Lipinski definition) is 1. The van der Waals surface area contributed by atoms with Crippen molar-refractivity contribution in [2.75, 3.05) is 13.6 Å². The summed E-state index contributed by atoms with van der Waals surface area (Å²) in [5.41, 5.74) is 3.76. The van der Waals surface area contributed by atoms with Crippen molar-refractivity contribution in [3.63, 3.8) is 0 Å². The van der Waals surface area contributed by atoms with Gasteiger partial charge in [-0.2, -0.15) is 0 Å². The molecule has 0 aromatic heterocycles. The van der Waals surface area contributed by atoms with Crippen LogP contribution in [0.3, 0.4) is 0 Å². The molecule has 2 aliphatic rings. The van der Waals surface area contributed by atoms with Crippen LogP contribution in [-0.4, -0.2) is 30.0 Å². The number of rotatable bonds is 0. The van der Waals surface area contributed by atoms with Crippen molar-refractivity contribution >= 4 is 11.6 Å². The van der Waals surface area contributed by atoms with E-state index in [0.29, 0.717) is 23.3 Å². The Balaban J connectivity index is 2.29. The van der Waals surface area contributed by atoms with Crippen molar-refractivity contribution in [1.82, 2.24) is 10.4 Å². The van der Waals surface area contributed by atoms with E-state index in [-0.39, 0.29) is 5.41 Å². The van der Waals surface area contributed by atoms with Gasteiger partial charge in [0.15, 0.2) is 0 Å². The van der Waals surface area contributed by atoms with Gasteiger partial charge in [0.2, 0.25) is 0 Å². The van der Waals surface area contributed by atoms with Gasteiger partial charge in [-0.05, 0) is 29.6 Å². The summed E-state index contributed by atoms with van der Waals surface area (Å²) in [6.45, 7) is 10.4. The molecule has 16 heavy (non-hydrogen) atoms. The molecule has 0 aromatic rings. The smallest absolute Gasteiger partial charge is 0.0410 e. The fourth-order valence-corrected chi connectivity index (χ4v) is 4.33. The Bertz CT molecular complexity index is 261. The van der Waals surface area contributed by atoms with Crippen molar-refractivity contribution in [2.24, 2.45) is 23.2 Å². The minimum absolute atomic E-state index is 0.282. The number of fused-ring (bicyclic) bond motifs is 1. The Morgan fingerprint density at radius 3 is 2.50 bits per heavy atom. The molecule has 5 unspecified atom stereocenters. The molecule has 0 bridgehead atoms. The summed E-state index contributed by atoms with van der Waals surface area (Å²) in [5, 5.41) is 2.62. The van der Waals surface area contributed by atoms with E-state index in [1.54, 1.807) is 0 Å². The molecule has 2 rings (SSSR count). The summed E-state index contributed by atoms with van der Waals surface area (Å²) < 4.78 is 0. The molecular weight excluding hydrogens is 220 g/mol. The van der Waals surface area contributed by atoms with Gasteiger partial charge in [0.05, 0.1) is 0 Å². The normalized spacial score (nSPS) is 45.8. The molecule has 5 atom stereocenters. The van der Waals surface area contributed by atoms with Crippen LogP contribution in [0.4, 0.5) is 0 Å². The van der Waals surface area contributed by atoms with E-state index in [4.69, 9.17) is 11.6 Å². The largest absolute Gasteiger partial charge is 0.255 e. The molecular formula is C13H25ClN2. The van der Waals surface area contributed by atoms with Crippen LogP contribution in [0, 0.1) is 23.2 Å². The average Bonchev–Trinajstić information content (AvgIpc) is 2.47. The highest BCUT2D eigenvalue weighted by atomic mass is 35.5.